The van der Waals surface area contributed by atoms with Crippen molar-refractivity contribution in [2.45, 2.75) is 25.3 Å². The molecule has 1 amide bonds. The molecule has 0 aliphatic carbocycles. The second kappa shape index (κ2) is 14.8. The van der Waals surface area contributed by atoms with Crippen LogP contribution in [0, 0.1) is 0 Å². The minimum atomic E-state index is -0.297. The summed E-state index contributed by atoms with van der Waals surface area (Å²) >= 11 is 0. The molecular weight excluding hydrogens is 582 g/mol. The zero-order valence-corrected chi connectivity index (χ0v) is 26.7. The Bertz CT molecular complexity index is 1560. The summed E-state index contributed by atoms with van der Waals surface area (Å²) in [6, 6.07) is 14.0. The van der Waals surface area contributed by atoms with E-state index in [0.29, 0.717) is 48.3 Å². The van der Waals surface area contributed by atoms with Crippen molar-refractivity contribution in [3.63, 3.8) is 0 Å². The van der Waals surface area contributed by atoms with E-state index in [4.69, 9.17) is 19.2 Å². The van der Waals surface area contributed by atoms with Crippen LogP contribution in [-0.4, -0.2) is 98.4 Å². The third-order valence-corrected chi connectivity index (χ3v) is 8.88. The van der Waals surface area contributed by atoms with Gasteiger partial charge in [0, 0.05) is 75.0 Å². The number of hydrogen-bond acceptors (Lipinski definition) is 10. The topological polar surface area (TPSA) is 104 Å². The fourth-order valence-corrected chi connectivity index (χ4v) is 6.21. The zero-order valence-electron chi connectivity index (χ0n) is 26.7. The molecule has 3 aliphatic heterocycles. The summed E-state index contributed by atoms with van der Waals surface area (Å²) in [4.78, 5) is 28.8. The Labute approximate surface area is 270 Å². The first kappa shape index (κ1) is 31.5. The summed E-state index contributed by atoms with van der Waals surface area (Å²) in [5, 5.41) is 6.11. The second-order valence-electron chi connectivity index (χ2n) is 11.9. The monoisotopic (exact) mass is 625 g/mol. The second-order valence-corrected chi connectivity index (χ2v) is 11.9. The highest BCUT2D eigenvalue weighted by Crippen LogP contribution is 2.36. The largest absolute Gasteiger partial charge is 0.494 e. The van der Waals surface area contributed by atoms with E-state index in [0.717, 1.165) is 68.2 Å². The lowest BCUT2D eigenvalue weighted by molar-refractivity contribution is -0.111. The molecule has 0 bridgehead atoms. The smallest absolute Gasteiger partial charge is 0.247 e. The van der Waals surface area contributed by atoms with Crippen molar-refractivity contribution in [1.82, 2.24) is 19.8 Å². The molecule has 0 saturated carbocycles. The molecule has 0 spiro atoms. The van der Waals surface area contributed by atoms with Crippen molar-refractivity contribution in [2.24, 2.45) is 0 Å². The average Bonchev–Trinajstić information content (AvgIpc) is 3.09. The lowest BCUT2D eigenvalue weighted by Gasteiger charge is -2.42. The molecule has 3 aliphatic rings. The Morgan fingerprint density at radius 3 is 2.65 bits per heavy atom. The van der Waals surface area contributed by atoms with E-state index in [-0.39, 0.29) is 5.91 Å². The molecule has 2 N–H and O–H groups in total. The number of ether oxygens (including phenoxy) is 3. The van der Waals surface area contributed by atoms with Crippen LogP contribution in [0.15, 0.2) is 67.4 Å². The molecule has 6 rings (SSSR count). The van der Waals surface area contributed by atoms with E-state index in [1.54, 1.807) is 25.4 Å². The van der Waals surface area contributed by atoms with E-state index in [2.05, 4.69) is 56.1 Å². The molecule has 0 atom stereocenters. The third kappa shape index (κ3) is 7.67. The van der Waals surface area contributed by atoms with Gasteiger partial charge in [-0.05, 0) is 62.2 Å². The Morgan fingerprint density at radius 2 is 1.91 bits per heavy atom. The van der Waals surface area contributed by atoms with Gasteiger partial charge in [0.05, 0.1) is 31.6 Å². The van der Waals surface area contributed by atoms with Crippen LogP contribution in [0.3, 0.4) is 0 Å². The van der Waals surface area contributed by atoms with Gasteiger partial charge in [0.15, 0.2) is 0 Å². The lowest BCUT2D eigenvalue weighted by Crippen LogP contribution is -2.52. The summed E-state index contributed by atoms with van der Waals surface area (Å²) in [5.41, 5.74) is 4.35. The van der Waals surface area contributed by atoms with E-state index < -0.39 is 0 Å². The first-order valence-electron chi connectivity index (χ1n) is 16.0. The number of likely N-dealkylation sites (N-methyl/N-ethyl adjacent to an activating group) is 1. The molecular formula is C35H43N7O4. The number of nitrogens with one attached hydrogen (secondary N) is 2. The molecule has 0 unspecified atom stereocenters. The molecule has 0 radical (unpaired) electrons. The van der Waals surface area contributed by atoms with Crippen LogP contribution in [0.25, 0.3) is 5.57 Å². The van der Waals surface area contributed by atoms with Crippen LogP contribution in [0.2, 0.25) is 0 Å². The van der Waals surface area contributed by atoms with E-state index in [1.807, 2.05) is 24.3 Å². The SMILES string of the molecule is C=CC(=O)Nc1cccc(Oc2nc(Nc3ccc(N4CCC(N5CCN(C)CC5)CC4)cc3OC)ncc2C2=CCOCC2)c1. The van der Waals surface area contributed by atoms with Crippen LogP contribution >= 0.6 is 0 Å². The van der Waals surface area contributed by atoms with Crippen LogP contribution in [-0.2, 0) is 9.53 Å². The van der Waals surface area contributed by atoms with Gasteiger partial charge < -0.3 is 34.6 Å². The highest BCUT2D eigenvalue weighted by molar-refractivity contribution is 5.98. The van der Waals surface area contributed by atoms with Crippen molar-refractivity contribution < 1.29 is 19.0 Å². The lowest BCUT2D eigenvalue weighted by atomic mass is 10.0. The van der Waals surface area contributed by atoms with Crippen molar-refractivity contribution in [2.75, 3.05) is 82.2 Å². The van der Waals surface area contributed by atoms with Crippen molar-refractivity contribution >= 4 is 34.5 Å². The van der Waals surface area contributed by atoms with Crippen LogP contribution < -0.4 is 25.0 Å². The number of carbonyl (C=O) groups excluding carboxylic acids is 1. The van der Waals surface area contributed by atoms with Gasteiger partial charge in [0.2, 0.25) is 17.7 Å². The maximum Gasteiger partial charge on any atom is 0.247 e. The summed E-state index contributed by atoms with van der Waals surface area (Å²) < 4.78 is 17.7. The van der Waals surface area contributed by atoms with Gasteiger partial charge in [-0.3, -0.25) is 9.69 Å². The van der Waals surface area contributed by atoms with Gasteiger partial charge in [0.25, 0.3) is 0 Å². The van der Waals surface area contributed by atoms with Crippen LogP contribution in [0.4, 0.5) is 23.0 Å². The van der Waals surface area contributed by atoms with Gasteiger partial charge in [-0.2, -0.15) is 4.98 Å². The summed E-state index contributed by atoms with van der Waals surface area (Å²) in [6.45, 7) is 11.3. The number of aromatic nitrogens is 2. The van der Waals surface area contributed by atoms with Crippen molar-refractivity contribution in [1.29, 1.82) is 0 Å². The van der Waals surface area contributed by atoms with E-state index in [9.17, 15) is 4.79 Å². The quantitative estimate of drug-likeness (QED) is 0.294. The van der Waals surface area contributed by atoms with Gasteiger partial charge in [-0.1, -0.05) is 18.7 Å². The molecule has 1 aromatic heterocycles. The number of anilines is 4. The first-order chi connectivity index (χ1) is 22.5. The minimum absolute atomic E-state index is 0.297. The number of piperazine rings is 1. The molecule has 46 heavy (non-hydrogen) atoms. The fourth-order valence-electron chi connectivity index (χ4n) is 6.21. The number of methoxy groups -OCH3 is 1. The van der Waals surface area contributed by atoms with E-state index >= 15 is 0 Å². The summed E-state index contributed by atoms with van der Waals surface area (Å²) in [5.74, 6) is 1.72. The summed E-state index contributed by atoms with van der Waals surface area (Å²) in [7, 11) is 3.89. The molecule has 2 saturated heterocycles. The van der Waals surface area contributed by atoms with Crippen LogP contribution in [0.5, 0.6) is 17.4 Å². The number of nitrogens with zero attached hydrogens (tertiary/aromatic N) is 5. The maximum absolute atomic E-state index is 11.8. The van der Waals surface area contributed by atoms with Gasteiger partial charge in [0.1, 0.15) is 11.5 Å². The van der Waals surface area contributed by atoms with Crippen molar-refractivity contribution in [3.8, 4) is 17.4 Å². The third-order valence-electron chi connectivity index (χ3n) is 8.88. The van der Waals surface area contributed by atoms with Gasteiger partial charge in [-0.15, -0.1) is 0 Å². The molecule has 2 aromatic carbocycles. The van der Waals surface area contributed by atoms with Gasteiger partial charge in [-0.25, -0.2) is 4.98 Å². The number of benzene rings is 2. The average molecular weight is 626 g/mol. The predicted molar refractivity (Wildman–Crippen MR) is 181 cm³/mol. The Hall–Kier alpha value is -4.45. The minimum Gasteiger partial charge on any atom is -0.494 e. The predicted octanol–water partition coefficient (Wildman–Crippen LogP) is 5.17. The zero-order chi connectivity index (χ0) is 31.9. The standard InChI is InChI=1S/C35H43N7O4/c1-4-33(43)37-26-6-5-7-29(22-26)46-34-30(25-12-20-45-21-13-25)24-36-35(39-34)38-31-9-8-28(23-32(31)44-3)41-14-10-27(11-15-41)42-18-16-40(2)17-19-42/h4-9,12,22-24,27H,1,10-11,13-21H2,2-3H3,(H,37,43)(H,36,38,39). The number of rotatable bonds is 10. The molecule has 11 heteroatoms. The molecule has 2 fully saturated rings. The number of amides is 1. The Balaban J connectivity index is 1.18. The number of carbonyl (C=O) groups is 1. The highest BCUT2D eigenvalue weighted by Gasteiger charge is 2.27. The highest BCUT2D eigenvalue weighted by atomic mass is 16.5. The van der Waals surface area contributed by atoms with Crippen LogP contribution in [0.1, 0.15) is 24.8 Å². The Morgan fingerprint density at radius 1 is 1.09 bits per heavy atom. The molecule has 4 heterocycles. The fraction of sp³-hybridized carbons (Fsp3) is 0.400. The molecule has 242 valence electrons. The number of hydrogen-bond donors (Lipinski definition) is 2. The van der Waals surface area contributed by atoms with E-state index in [1.165, 1.54) is 18.9 Å². The first-order valence-corrected chi connectivity index (χ1v) is 16.0. The maximum atomic E-state index is 11.8. The van der Waals surface area contributed by atoms with Crippen molar-refractivity contribution in [3.05, 3.63) is 73.0 Å². The summed E-state index contributed by atoms with van der Waals surface area (Å²) in [6.07, 6.45) is 8.09. The molecule has 3 aromatic rings. The number of piperidine rings is 1. The normalized spacial score (nSPS) is 18.0. The molecule has 11 nitrogen and oxygen atoms in total. The van der Waals surface area contributed by atoms with Gasteiger partial charge >= 0.3 is 0 Å². The Kier molecular flexibility index (Phi) is 10.1.